The van der Waals surface area contributed by atoms with E-state index in [9.17, 15) is 0 Å². The van der Waals surface area contributed by atoms with Crippen molar-refractivity contribution in [3.63, 3.8) is 0 Å². The zero-order chi connectivity index (χ0) is 6.69. The van der Waals surface area contributed by atoms with Crippen molar-refractivity contribution in [3.05, 3.63) is 15.5 Å². The molecule has 1 aromatic heterocycles. The Morgan fingerprint density at radius 1 is 1.89 bits per heavy atom. The smallest absolute Gasteiger partial charge is 0.0552 e. The van der Waals surface area contributed by atoms with Gasteiger partial charge in [-0.1, -0.05) is 0 Å². The molecule has 0 fully saturated rings. The molecule has 0 bridgehead atoms. The van der Waals surface area contributed by atoms with E-state index in [1.807, 2.05) is 13.2 Å². The lowest BCUT2D eigenvalue weighted by molar-refractivity contribution is 0.829. The minimum absolute atomic E-state index is 0.894. The normalized spacial score (nSPS) is 10.0. The molecule has 0 aliphatic rings. The minimum atomic E-state index is 0.894. The van der Waals surface area contributed by atoms with E-state index in [2.05, 4.69) is 25.6 Å². The van der Waals surface area contributed by atoms with E-state index in [-0.39, 0.29) is 0 Å². The van der Waals surface area contributed by atoms with E-state index in [0.29, 0.717) is 0 Å². The molecule has 9 heavy (non-hydrogen) atoms. The Hall–Kier alpha value is 0.0700. The number of aromatic nitrogens is 1. The molecular weight excluding hydrogens is 200 g/mol. The molecule has 0 aliphatic heterocycles. The van der Waals surface area contributed by atoms with Gasteiger partial charge in [0.25, 0.3) is 0 Å². The quantitative estimate of drug-likeness (QED) is 0.797. The van der Waals surface area contributed by atoms with Crippen LogP contribution in [0.2, 0.25) is 0 Å². The van der Waals surface area contributed by atoms with Crippen molar-refractivity contribution < 1.29 is 0 Å². The number of hydrogen-bond donors (Lipinski definition) is 1. The first kappa shape index (κ1) is 7.18. The van der Waals surface area contributed by atoms with Gasteiger partial charge in [0.15, 0.2) is 0 Å². The largest absolute Gasteiger partial charge is 0.315 e. The van der Waals surface area contributed by atoms with Crippen molar-refractivity contribution in [2.45, 2.75) is 6.54 Å². The summed E-state index contributed by atoms with van der Waals surface area (Å²) in [4.78, 5) is 1.25. The molecule has 0 spiro atoms. The monoisotopic (exact) mass is 206 g/mol. The standard InChI is InChI=1S/C5H7BrN2S/c1-7-3-5-4(6)2-8-9-5/h2,7H,3H2,1H3. The van der Waals surface area contributed by atoms with Crippen LogP contribution in [0.15, 0.2) is 10.7 Å². The van der Waals surface area contributed by atoms with Crippen LogP contribution in [0.4, 0.5) is 0 Å². The lowest BCUT2D eigenvalue weighted by atomic mass is 10.5. The van der Waals surface area contributed by atoms with Crippen LogP contribution in [0, 0.1) is 0 Å². The van der Waals surface area contributed by atoms with Gasteiger partial charge in [-0.3, -0.25) is 0 Å². The summed E-state index contributed by atoms with van der Waals surface area (Å²) in [6.45, 7) is 0.894. The molecule has 0 atom stereocenters. The van der Waals surface area contributed by atoms with Crippen molar-refractivity contribution >= 4 is 27.5 Å². The van der Waals surface area contributed by atoms with Crippen molar-refractivity contribution in [1.82, 2.24) is 9.69 Å². The van der Waals surface area contributed by atoms with E-state index >= 15 is 0 Å². The summed E-state index contributed by atoms with van der Waals surface area (Å²) in [5, 5.41) is 3.05. The summed E-state index contributed by atoms with van der Waals surface area (Å²) in [7, 11) is 1.92. The molecule has 0 aliphatic carbocycles. The van der Waals surface area contributed by atoms with E-state index < -0.39 is 0 Å². The van der Waals surface area contributed by atoms with Gasteiger partial charge in [-0.25, -0.2) is 0 Å². The Morgan fingerprint density at radius 3 is 3.11 bits per heavy atom. The van der Waals surface area contributed by atoms with Crippen LogP contribution < -0.4 is 5.32 Å². The third-order valence-electron chi connectivity index (χ3n) is 0.933. The van der Waals surface area contributed by atoms with Crippen LogP contribution in [-0.2, 0) is 6.54 Å². The highest BCUT2D eigenvalue weighted by molar-refractivity contribution is 9.10. The molecule has 0 radical (unpaired) electrons. The van der Waals surface area contributed by atoms with Crippen molar-refractivity contribution in [3.8, 4) is 0 Å². The highest BCUT2D eigenvalue weighted by atomic mass is 79.9. The SMILES string of the molecule is CNCc1sncc1Br. The molecule has 0 amide bonds. The van der Waals surface area contributed by atoms with Crippen molar-refractivity contribution in [2.75, 3.05) is 7.05 Å². The first-order chi connectivity index (χ1) is 4.34. The second-order valence-corrected chi connectivity index (χ2v) is 3.37. The molecule has 1 rings (SSSR count). The number of halogens is 1. The fourth-order valence-corrected chi connectivity index (χ4v) is 1.76. The number of nitrogens with one attached hydrogen (secondary N) is 1. The fourth-order valence-electron chi connectivity index (χ4n) is 0.529. The summed E-state index contributed by atoms with van der Waals surface area (Å²) in [6.07, 6.45) is 1.82. The summed E-state index contributed by atoms with van der Waals surface area (Å²) in [5.41, 5.74) is 0. The molecule has 1 N–H and O–H groups in total. The lowest BCUT2D eigenvalue weighted by Crippen LogP contribution is -2.03. The zero-order valence-electron chi connectivity index (χ0n) is 5.02. The average Bonchev–Trinajstić information content (AvgIpc) is 2.18. The maximum Gasteiger partial charge on any atom is 0.0552 e. The second-order valence-electron chi connectivity index (χ2n) is 1.63. The number of rotatable bonds is 2. The molecular formula is C5H7BrN2S. The summed E-state index contributed by atoms with van der Waals surface area (Å²) in [5.74, 6) is 0. The third-order valence-corrected chi connectivity index (χ3v) is 2.67. The molecule has 0 aromatic carbocycles. The van der Waals surface area contributed by atoms with Gasteiger partial charge in [-0.15, -0.1) is 0 Å². The zero-order valence-corrected chi connectivity index (χ0v) is 7.42. The van der Waals surface area contributed by atoms with Gasteiger partial charge >= 0.3 is 0 Å². The Kier molecular flexibility index (Phi) is 2.63. The van der Waals surface area contributed by atoms with E-state index in [0.717, 1.165) is 11.0 Å². The molecule has 50 valence electrons. The molecule has 0 unspecified atom stereocenters. The second kappa shape index (κ2) is 3.29. The minimum Gasteiger partial charge on any atom is -0.315 e. The first-order valence-corrected chi connectivity index (χ1v) is 4.15. The third kappa shape index (κ3) is 1.74. The van der Waals surface area contributed by atoms with Gasteiger partial charge in [0.05, 0.1) is 15.5 Å². The summed E-state index contributed by atoms with van der Waals surface area (Å²) < 4.78 is 5.09. The predicted octanol–water partition coefficient (Wildman–Crippen LogP) is 1.62. The Labute approximate surface area is 66.6 Å². The van der Waals surface area contributed by atoms with Gasteiger partial charge in [0, 0.05) is 6.54 Å². The highest BCUT2D eigenvalue weighted by Gasteiger charge is 1.98. The van der Waals surface area contributed by atoms with E-state index in [4.69, 9.17) is 0 Å². The first-order valence-electron chi connectivity index (χ1n) is 2.58. The predicted molar refractivity (Wildman–Crippen MR) is 42.6 cm³/mol. The Bertz CT molecular complexity index is 187. The van der Waals surface area contributed by atoms with Crippen LogP contribution in [0.5, 0.6) is 0 Å². The van der Waals surface area contributed by atoms with E-state index in [1.165, 1.54) is 16.4 Å². The van der Waals surface area contributed by atoms with Crippen molar-refractivity contribution in [2.24, 2.45) is 0 Å². The maximum atomic E-state index is 4.00. The number of nitrogens with zero attached hydrogens (tertiary/aromatic N) is 1. The van der Waals surface area contributed by atoms with Crippen LogP contribution in [0.1, 0.15) is 4.88 Å². The topological polar surface area (TPSA) is 24.9 Å². The van der Waals surface area contributed by atoms with Crippen LogP contribution in [0.25, 0.3) is 0 Å². The van der Waals surface area contributed by atoms with Gasteiger partial charge in [-0.05, 0) is 34.5 Å². The molecule has 0 saturated carbocycles. The van der Waals surface area contributed by atoms with Crippen LogP contribution in [0.3, 0.4) is 0 Å². The Morgan fingerprint density at radius 2 is 2.67 bits per heavy atom. The lowest BCUT2D eigenvalue weighted by Gasteiger charge is -1.91. The van der Waals surface area contributed by atoms with E-state index in [1.54, 1.807) is 0 Å². The van der Waals surface area contributed by atoms with Crippen LogP contribution in [-0.4, -0.2) is 11.4 Å². The van der Waals surface area contributed by atoms with Gasteiger partial charge in [-0.2, -0.15) is 4.37 Å². The maximum absolute atomic E-state index is 4.00. The van der Waals surface area contributed by atoms with Gasteiger partial charge in [0.1, 0.15) is 0 Å². The molecule has 1 heterocycles. The summed E-state index contributed by atoms with van der Waals surface area (Å²) in [6, 6.07) is 0. The molecule has 0 saturated heterocycles. The molecule has 1 aromatic rings. The summed E-state index contributed by atoms with van der Waals surface area (Å²) >= 11 is 4.89. The Balaban J connectivity index is 2.69. The van der Waals surface area contributed by atoms with Crippen molar-refractivity contribution in [1.29, 1.82) is 0 Å². The highest BCUT2D eigenvalue weighted by Crippen LogP contribution is 2.18. The molecule has 2 nitrogen and oxygen atoms in total. The van der Waals surface area contributed by atoms with Gasteiger partial charge < -0.3 is 5.32 Å². The fraction of sp³-hybridized carbons (Fsp3) is 0.400. The van der Waals surface area contributed by atoms with Crippen LogP contribution >= 0.6 is 27.5 Å². The molecule has 4 heteroatoms. The van der Waals surface area contributed by atoms with Gasteiger partial charge in [0.2, 0.25) is 0 Å². The number of hydrogen-bond acceptors (Lipinski definition) is 3. The average molecular weight is 207 g/mol.